The number of pyridine rings is 1. The van der Waals surface area contributed by atoms with Gasteiger partial charge >= 0.3 is 5.97 Å². The van der Waals surface area contributed by atoms with Gasteiger partial charge in [-0.15, -0.1) is 0 Å². The highest BCUT2D eigenvalue weighted by molar-refractivity contribution is 6.33. The van der Waals surface area contributed by atoms with Crippen LogP contribution in [0.2, 0.25) is 5.02 Å². The van der Waals surface area contributed by atoms with Crippen LogP contribution in [0, 0.1) is 0 Å². The molecular formula is C16H16ClNO4. The molecule has 0 aliphatic heterocycles. The number of benzene rings is 1. The minimum atomic E-state index is -0.547. The van der Waals surface area contributed by atoms with Gasteiger partial charge in [-0.3, -0.25) is 0 Å². The van der Waals surface area contributed by atoms with Crippen molar-refractivity contribution < 1.29 is 19.0 Å². The second-order valence-electron chi connectivity index (χ2n) is 4.36. The Labute approximate surface area is 133 Å². The van der Waals surface area contributed by atoms with Crippen molar-refractivity contribution in [2.45, 2.75) is 13.5 Å². The topological polar surface area (TPSA) is 57.7 Å². The van der Waals surface area contributed by atoms with E-state index in [0.29, 0.717) is 12.4 Å². The van der Waals surface area contributed by atoms with Crippen molar-refractivity contribution in [3.63, 3.8) is 0 Å². The summed E-state index contributed by atoms with van der Waals surface area (Å²) in [6.07, 6.45) is 1.45. The van der Waals surface area contributed by atoms with Crippen LogP contribution in [0.15, 0.2) is 36.5 Å². The minimum absolute atomic E-state index is 0.0836. The number of methoxy groups -OCH3 is 1. The van der Waals surface area contributed by atoms with E-state index >= 15 is 0 Å². The third-order valence-corrected chi connectivity index (χ3v) is 3.14. The van der Waals surface area contributed by atoms with E-state index in [4.69, 9.17) is 25.8 Å². The van der Waals surface area contributed by atoms with Crippen molar-refractivity contribution in [2.75, 3.05) is 13.7 Å². The van der Waals surface area contributed by atoms with Crippen LogP contribution >= 0.6 is 11.6 Å². The summed E-state index contributed by atoms with van der Waals surface area (Å²) in [7, 11) is 1.62. The Morgan fingerprint density at radius 1 is 1.23 bits per heavy atom. The van der Waals surface area contributed by atoms with Crippen molar-refractivity contribution in [2.24, 2.45) is 0 Å². The first-order chi connectivity index (χ1) is 10.6. The van der Waals surface area contributed by atoms with Gasteiger partial charge < -0.3 is 14.2 Å². The SMILES string of the molecule is CCOC(=O)c1ncc(OCc2ccc(OC)cc2)cc1Cl. The zero-order valence-electron chi connectivity index (χ0n) is 12.3. The Kier molecular flexibility index (Phi) is 5.61. The fourth-order valence-electron chi connectivity index (χ4n) is 1.74. The summed E-state index contributed by atoms with van der Waals surface area (Å²) in [6.45, 7) is 2.35. The van der Waals surface area contributed by atoms with Gasteiger partial charge in [0.25, 0.3) is 0 Å². The number of rotatable bonds is 6. The third kappa shape index (κ3) is 4.11. The summed E-state index contributed by atoms with van der Waals surface area (Å²) in [5, 5.41) is 0.200. The lowest BCUT2D eigenvalue weighted by atomic mass is 10.2. The Morgan fingerprint density at radius 3 is 2.55 bits per heavy atom. The molecule has 0 atom stereocenters. The molecule has 6 heteroatoms. The molecule has 1 aromatic heterocycles. The highest BCUT2D eigenvalue weighted by Gasteiger charge is 2.14. The molecule has 0 N–H and O–H groups in total. The molecule has 22 heavy (non-hydrogen) atoms. The molecule has 0 aliphatic carbocycles. The van der Waals surface area contributed by atoms with E-state index < -0.39 is 5.97 Å². The van der Waals surface area contributed by atoms with E-state index in [-0.39, 0.29) is 17.3 Å². The third-order valence-electron chi connectivity index (χ3n) is 2.85. The summed E-state index contributed by atoms with van der Waals surface area (Å²) < 4.78 is 15.6. The van der Waals surface area contributed by atoms with Gasteiger partial charge in [-0.1, -0.05) is 23.7 Å². The summed E-state index contributed by atoms with van der Waals surface area (Å²) in [4.78, 5) is 15.6. The van der Waals surface area contributed by atoms with Crippen molar-refractivity contribution in [1.29, 1.82) is 0 Å². The number of ether oxygens (including phenoxy) is 3. The summed E-state index contributed by atoms with van der Waals surface area (Å²) in [6, 6.07) is 9.06. The van der Waals surface area contributed by atoms with Crippen LogP contribution in [0.5, 0.6) is 11.5 Å². The van der Waals surface area contributed by atoms with Crippen molar-refractivity contribution in [1.82, 2.24) is 4.98 Å². The average Bonchev–Trinajstić information content (AvgIpc) is 2.53. The molecule has 0 aliphatic rings. The van der Waals surface area contributed by atoms with Crippen molar-refractivity contribution in [3.8, 4) is 11.5 Å². The predicted molar refractivity (Wildman–Crippen MR) is 82.5 cm³/mol. The standard InChI is InChI=1S/C16H16ClNO4/c1-3-21-16(19)15-14(17)8-13(9-18-15)22-10-11-4-6-12(20-2)7-5-11/h4-9H,3,10H2,1-2H3. The van der Waals surface area contributed by atoms with Crippen LogP contribution in [-0.4, -0.2) is 24.7 Å². The molecule has 0 saturated carbocycles. The number of esters is 1. The lowest BCUT2D eigenvalue weighted by molar-refractivity contribution is 0.0519. The molecule has 0 fully saturated rings. The highest BCUT2D eigenvalue weighted by atomic mass is 35.5. The molecular weight excluding hydrogens is 306 g/mol. The number of nitrogens with zero attached hydrogens (tertiary/aromatic N) is 1. The fourth-order valence-corrected chi connectivity index (χ4v) is 1.97. The summed E-state index contributed by atoms with van der Waals surface area (Å²) in [5.74, 6) is 0.718. The summed E-state index contributed by atoms with van der Waals surface area (Å²) >= 11 is 6.02. The van der Waals surface area contributed by atoms with E-state index in [1.165, 1.54) is 6.20 Å². The molecule has 0 amide bonds. The molecule has 0 unspecified atom stereocenters. The van der Waals surface area contributed by atoms with Gasteiger partial charge in [0.15, 0.2) is 5.69 Å². The quantitative estimate of drug-likeness (QED) is 0.762. The number of hydrogen-bond acceptors (Lipinski definition) is 5. The van der Waals surface area contributed by atoms with Gasteiger partial charge in [0, 0.05) is 6.07 Å². The lowest BCUT2D eigenvalue weighted by Gasteiger charge is -2.08. The molecule has 0 spiro atoms. The van der Waals surface area contributed by atoms with Crippen LogP contribution in [0.25, 0.3) is 0 Å². The van der Waals surface area contributed by atoms with Gasteiger partial charge in [0.05, 0.1) is 24.9 Å². The second kappa shape index (κ2) is 7.66. The number of carbonyl (C=O) groups excluding carboxylic acids is 1. The maximum Gasteiger partial charge on any atom is 0.358 e. The first-order valence-electron chi connectivity index (χ1n) is 6.72. The Morgan fingerprint density at radius 2 is 1.95 bits per heavy atom. The first-order valence-corrected chi connectivity index (χ1v) is 7.10. The molecule has 1 aromatic carbocycles. The van der Waals surface area contributed by atoms with Crippen LogP contribution < -0.4 is 9.47 Å². The Balaban J connectivity index is 2.01. The number of halogens is 1. The normalized spacial score (nSPS) is 10.1. The molecule has 5 nitrogen and oxygen atoms in total. The van der Waals surface area contributed by atoms with Crippen LogP contribution in [-0.2, 0) is 11.3 Å². The van der Waals surface area contributed by atoms with Crippen molar-refractivity contribution >= 4 is 17.6 Å². The number of hydrogen-bond donors (Lipinski definition) is 0. The maximum absolute atomic E-state index is 11.6. The van der Waals surface area contributed by atoms with E-state index in [9.17, 15) is 4.79 Å². The predicted octanol–water partition coefficient (Wildman–Crippen LogP) is 3.50. The first kappa shape index (κ1) is 16.1. The van der Waals surface area contributed by atoms with Crippen LogP contribution in [0.1, 0.15) is 23.0 Å². The second-order valence-corrected chi connectivity index (χ2v) is 4.77. The monoisotopic (exact) mass is 321 g/mol. The van der Waals surface area contributed by atoms with Gasteiger partial charge in [0.1, 0.15) is 18.1 Å². The van der Waals surface area contributed by atoms with Crippen molar-refractivity contribution in [3.05, 3.63) is 52.8 Å². The Bertz CT molecular complexity index is 643. The highest BCUT2D eigenvalue weighted by Crippen LogP contribution is 2.22. The summed E-state index contributed by atoms with van der Waals surface area (Å²) in [5.41, 5.74) is 1.06. The average molecular weight is 322 g/mol. The van der Waals surface area contributed by atoms with E-state index in [1.54, 1.807) is 20.1 Å². The number of aromatic nitrogens is 1. The molecule has 0 bridgehead atoms. The molecule has 0 radical (unpaired) electrons. The zero-order valence-corrected chi connectivity index (χ0v) is 13.1. The van der Waals surface area contributed by atoms with Gasteiger partial charge in [-0.25, -0.2) is 9.78 Å². The Hall–Kier alpha value is -2.27. The van der Waals surface area contributed by atoms with E-state index in [2.05, 4.69) is 4.98 Å². The van der Waals surface area contributed by atoms with Crippen LogP contribution in [0.3, 0.4) is 0 Å². The maximum atomic E-state index is 11.6. The number of carbonyl (C=O) groups is 1. The van der Waals surface area contributed by atoms with Crippen LogP contribution in [0.4, 0.5) is 0 Å². The smallest absolute Gasteiger partial charge is 0.358 e. The largest absolute Gasteiger partial charge is 0.497 e. The van der Waals surface area contributed by atoms with Gasteiger partial charge in [-0.05, 0) is 24.6 Å². The van der Waals surface area contributed by atoms with E-state index in [1.807, 2.05) is 24.3 Å². The minimum Gasteiger partial charge on any atom is -0.497 e. The lowest BCUT2D eigenvalue weighted by Crippen LogP contribution is -2.08. The molecule has 2 rings (SSSR count). The zero-order chi connectivity index (χ0) is 15.9. The molecule has 116 valence electrons. The van der Waals surface area contributed by atoms with E-state index in [0.717, 1.165) is 11.3 Å². The molecule has 0 saturated heterocycles. The van der Waals surface area contributed by atoms with Gasteiger partial charge in [-0.2, -0.15) is 0 Å². The molecule has 2 aromatic rings. The van der Waals surface area contributed by atoms with Gasteiger partial charge in [0.2, 0.25) is 0 Å². The fraction of sp³-hybridized carbons (Fsp3) is 0.250. The molecule has 1 heterocycles.